The lowest BCUT2D eigenvalue weighted by Gasteiger charge is -2.09. The third-order valence-electron chi connectivity index (χ3n) is 3.74. The third-order valence-corrected chi connectivity index (χ3v) is 4.30. The van der Waals surface area contributed by atoms with Gasteiger partial charge < -0.3 is 9.15 Å². The maximum Gasteiger partial charge on any atom is 0.416 e. The van der Waals surface area contributed by atoms with Gasteiger partial charge in [-0.3, -0.25) is 4.79 Å². The minimum atomic E-state index is -4.51. The number of alkyl halides is 4. The van der Waals surface area contributed by atoms with Gasteiger partial charge in [0, 0.05) is 17.0 Å². The molecule has 0 aliphatic rings. The predicted molar refractivity (Wildman–Crippen MR) is 96.8 cm³/mol. The molecule has 0 fully saturated rings. The average molecular weight is 427 g/mol. The van der Waals surface area contributed by atoms with Crippen molar-refractivity contribution in [3.05, 3.63) is 64.3 Å². The molecule has 1 aromatic heterocycles. The zero-order valence-corrected chi connectivity index (χ0v) is 15.1. The number of halogens is 4. The van der Waals surface area contributed by atoms with E-state index < -0.39 is 17.2 Å². The summed E-state index contributed by atoms with van der Waals surface area (Å²) in [5, 5.41) is 0.752. The molecule has 26 heavy (non-hydrogen) atoms. The fraction of sp³-hybridized carbons (Fsp3) is 0.211. The van der Waals surface area contributed by atoms with Crippen molar-refractivity contribution in [2.24, 2.45) is 0 Å². The molecule has 0 aliphatic heterocycles. The van der Waals surface area contributed by atoms with E-state index in [0.29, 0.717) is 17.9 Å². The fourth-order valence-electron chi connectivity index (χ4n) is 2.43. The molecule has 1 heterocycles. The van der Waals surface area contributed by atoms with E-state index in [0.717, 1.165) is 23.9 Å². The Kier molecular flexibility index (Phi) is 5.36. The molecule has 0 amide bonds. The first-order valence-corrected chi connectivity index (χ1v) is 8.95. The summed E-state index contributed by atoms with van der Waals surface area (Å²) < 4.78 is 49.5. The topological polar surface area (TPSA) is 39.4 Å². The van der Waals surface area contributed by atoms with Gasteiger partial charge in [-0.1, -0.05) is 15.9 Å². The number of hydrogen-bond donors (Lipinski definition) is 0. The normalized spacial score (nSPS) is 11.7. The molecule has 0 unspecified atom stereocenters. The first kappa shape index (κ1) is 18.5. The number of benzene rings is 2. The Bertz CT molecular complexity index is 962. The van der Waals surface area contributed by atoms with Crippen LogP contribution in [0, 0.1) is 0 Å². The summed E-state index contributed by atoms with van der Waals surface area (Å²) in [5.74, 6) is 0.974. The van der Waals surface area contributed by atoms with Crippen LogP contribution in [0.4, 0.5) is 13.2 Å². The van der Waals surface area contributed by atoms with E-state index in [1.165, 1.54) is 12.1 Å². The Morgan fingerprint density at radius 3 is 2.42 bits per heavy atom. The second-order valence-corrected chi connectivity index (χ2v) is 6.39. The van der Waals surface area contributed by atoms with Crippen LogP contribution in [-0.4, -0.2) is 11.9 Å². The Labute approximate surface area is 155 Å². The Hall–Kier alpha value is -2.28. The monoisotopic (exact) mass is 426 g/mol. The molecule has 7 heteroatoms. The standard InChI is InChI=1S/C19H14BrF3O3/c20-8-1-9-25-14-5-2-12(3-6-14)18-11-16(24)15-10-13(19(21,22)23)4-7-17(15)26-18/h2-7,10-11H,1,8-9H2. The van der Waals surface area contributed by atoms with Gasteiger partial charge in [0.25, 0.3) is 0 Å². The van der Waals surface area contributed by atoms with Crippen LogP contribution in [0.1, 0.15) is 12.0 Å². The highest BCUT2D eigenvalue weighted by Crippen LogP contribution is 2.32. The second kappa shape index (κ2) is 7.53. The van der Waals surface area contributed by atoms with Gasteiger partial charge in [-0.15, -0.1) is 0 Å². The molecule has 0 bridgehead atoms. The minimum absolute atomic E-state index is 0.0988. The van der Waals surface area contributed by atoms with Crippen LogP contribution >= 0.6 is 15.9 Å². The summed E-state index contributed by atoms with van der Waals surface area (Å²) in [5.41, 5.74) is -0.657. The SMILES string of the molecule is O=c1cc(-c2ccc(OCCCBr)cc2)oc2ccc(C(F)(F)F)cc12. The molecule has 0 saturated heterocycles. The molecule has 3 rings (SSSR count). The summed E-state index contributed by atoms with van der Waals surface area (Å²) >= 11 is 3.32. The molecule has 0 N–H and O–H groups in total. The highest BCUT2D eigenvalue weighted by Gasteiger charge is 2.30. The van der Waals surface area contributed by atoms with Crippen LogP contribution in [0.25, 0.3) is 22.3 Å². The molecule has 2 aromatic carbocycles. The lowest BCUT2D eigenvalue weighted by molar-refractivity contribution is -0.137. The van der Waals surface area contributed by atoms with E-state index >= 15 is 0 Å². The Balaban J connectivity index is 1.92. The van der Waals surface area contributed by atoms with Gasteiger partial charge in [0.1, 0.15) is 17.1 Å². The summed E-state index contributed by atoms with van der Waals surface area (Å²) in [6.07, 6.45) is -3.63. The van der Waals surface area contributed by atoms with Crippen LogP contribution in [0.5, 0.6) is 5.75 Å². The quantitative estimate of drug-likeness (QED) is 0.391. The fourth-order valence-corrected chi connectivity index (χ4v) is 2.66. The van der Waals surface area contributed by atoms with Gasteiger partial charge in [-0.05, 0) is 48.9 Å². The highest BCUT2D eigenvalue weighted by atomic mass is 79.9. The predicted octanol–water partition coefficient (Wildman–Crippen LogP) is 5.64. The van der Waals surface area contributed by atoms with E-state index in [4.69, 9.17) is 9.15 Å². The number of hydrogen-bond acceptors (Lipinski definition) is 3. The Morgan fingerprint density at radius 2 is 1.77 bits per heavy atom. The molecule has 136 valence electrons. The van der Waals surface area contributed by atoms with Crippen molar-refractivity contribution in [3.8, 4) is 17.1 Å². The highest BCUT2D eigenvalue weighted by molar-refractivity contribution is 9.09. The van der Waals surface area contributed by atoms with Crippen molar-refractivity contribution in [1.82, 2.24) is 0 Å². The van der Waals surface area contributed by atoms with Crippen molar-refractivity contribution in [1.29, 1.82) is 0 Å². The van der Waals surface area contributed by atoms with Gasteiger partial charge in [-0.25, -0.2) is 0 Å². The van der Waals surface area contributed by atoms with Crippen LogP contribution in [0.2, 0.25) is 0 Å². The van der Waals surface area contributed by atoms with Gasteiger partial charge >= 0.3 is 6.18 Å². The molecule has 0 spiro atoms. The second-order valence-electron chi connectivity index (χ2n) is 5.60. The average Bonchev–Trinajstić information content (AvgIpc) is 2.61. The molecule has 0 saturated carbocycles. The van der Waals surface area contributed by atoms with Gasteiger partial charge in [0.2, 0.25) is 0 Å². The first-order valence-electron chi connectivity index (χ1n) is 7.83. The lowest BCUT2D eigenvalue weighted by atomic mass is 10.1. The van der Waals surface area contributed by atoms with Crippen molar-refractivity contribution >= 4 is 26.9 Å². The number of ether oxygens (including phenoxy) is 1. The summed E-state index contributed by atoms with van der Waals surface area (Å²) in [6, 6.07) is 11.0. The van der Waals surface area contributed by atoms with E-state index in [1.54, 1.807) is 24.3 Å². The van der Waals surface area contributed by atoms with Crippen molar-refractivity contribution in [2.75, 3.05) is 11.9 Å². The third kappa shape index (κ3) is 4.09. The summed E-state index contributed by atoms with van der Waals surface area (Å²) in [6.45, 7) is 0.581. The van der Waals surface area contributed by atoms with Crippen molar-refractivity contribution in [2.45, 2.75) is 12.6 Å². The molecule has 3 nitrogen and oxygen atoms in total. The molecule has 0 radical (unpaired) electrons. The smallest absolute Gasteiger partial charge is 0.416 e. The van der Waals surface area contributed by atoms with Crippen LogP contribution < -0.4 is 10.2 Å². The molecule has 0 atom stereocenters. The van der Waals surface area contributed by atoms with Gasteiger partial charge in [0.15, 0.2) is 5.43 Å². The summed E-state index contributed by atoms with van der Waals surface area (Å²) in [7, 11) is 0. The zero-order valence-electron chi connectivity index (χ0n) is 13.5. The largest absolute Gasteiger partial charge is 0.494 e. The molecular weight excluding hydrogens is 413 g/mol. The summed E-state index contributed by atoms with van der Waals surface area (Å²) in [4.78, 5) is 12.2. The first-order chi connectivity index (χ1) is 12.4. The van der Waals surface area contributed by atoms with E-state index in [-0.39, 0.29) is 16.7 Å². The van der Waals surface area contributed by atoms with E-state index in [2.05, 4.69) is 15.9 Å². The maximum atomic E-state index is 12.8. The molecule has 0 aliphatic carbocycles. The van der Waals surface area contributed by atoms with Crippen molar-refractivity contribution < 1.29 is 22.3 Å². The van der Waals surface area contributed by atoms with Gasteiger partial charge in [-0.2, -0.15) is 13.2 Å². The van der Waals surface area contributed by atoms with Crippen LogP contribution in [0.3, 0.4) is 0 Å². The van der Waals surface area contributed by atoms with Gasteiger partial charge in [0.05, 0.1) is 17.6 Å². The van der Waals surface area contributed by atoms with Crippen LogP contribution in [-0.2, 0) is 6.18 Å². The van der Waals surface area contributed by atoms with Crippen molar-refractivity contribution in [3.63, 3.8) is 0 Å². The minimum Gasteiger partial charge on any atom is -0.494 e. The Morgan fingerprint density at radius 1 is 1.04 bits per heavy atom. The molecular formula is C19H14BrF3O3. The van der Waals surface area contributed by atoms with E-state index in [1.807, 2.05) is 0 Å². The maximum absolute atomic E-state index is 12.8. The zero-order chi connectivity index (χ0) is 18.7. The lowest BCUT2D eigenvalue weighted by Crippen LogP contribution is -2.07. The number of fused-ring (bicyclic) bond motifs is 1. The van der Waals surface area contributed by atoms with Crippen LogP contribution in [0.15, 0.2) is 57.7 Å². The van der Waals surface area contributed by atoms with E-state index in [9.17, 15) is 18.0 Å². The molecule has 3 aromatic rings. The number of rotatable bonds is 5.